The van der Waals surface area contributed by atoms with Gasteiger partial charge in [-0.2, -0.15) is 0 Å². The number of aliphatic hydroxyl groups is 1. The first-order valence-electron chi connectivity index (χ1n) is 12.3. The van der Waals surface area contributed by atoms with Crippen molar-refractivity contribution in [1.82, 2.24) is 14.8 Å². The number of nitrogens with one attached hydrogen (secondary N) is 2. The van der Waals surface area contributed by atoms with Gasteiger partial charge in [0.1, 0.15) is 11.6 Å². The van der Waals surface area contributed by atoms with E-state index in [2.05, 4.69) is 10.3 Å². The Kier molecular flexibility index (Phi) is 6.34. The summed E-state index contributed by atoms with van der Waals surface area (Å²) in [5.74, 6) is 0.223. The molecule has 3 N–H and O–H groups in total. The number of hydrogen-bond acceptors (Lipinski definition) is 4. The Hall–Kier alpha value is -3.59. The number of aromatic nitrogens is 1. The van der Waals surface area contributed by atoms with Crippen molar-refractivity contribution < 1.29 is 23.8 Å². The molecule has 1 saturated heterocycles. The van der Waals surface area contributed by atoms with Crippen LogP contribution in [0.25, 0.3) is 10.9 Å². The minimum absolute atomic E-state index is 0.0185. The number of likely N-dealkylation sites (tertiary alicyclic amines) is 1. The third kappa shape index (κ3) is 3.97. The highest BCUT2D eigenvalue weighted by atomic mass is 19.1. The van der Waals surface area contributed by atoms with Crippen molar-refractivity contribution in [2.75, 3.05) is 38.7 Å². The van der Waals surface area contributed by atoms with Crippen molar-refractivity contribution in [3.8, 4) is 5.75 Å². The molecule has 0 unspecified atom stereocenters. The van der Waals surface area contributed by atoms with Crippen LogP contribution in [0.5, 0.6) is 5.75 Å². The Labute approximate surface area is 209 Å². The monoisotopic (exact) mass is 494 g/mol. The molecule has 2 aromatic carbocycles. The highest BCUT2D eigenvalue weighted by Gasteiger charge is 2.48. The number of H-pyrrole nitrogens is 1. The van der Waals surface area contributed by atoms with Crippen LogP contribution in [0.1, 0.15) is 43.5 Å². The zero-order chi connectivity index (χ0) is 25.4. The standard InChI is InChI=1S/C27H31FN4O4/c1-3-23(34)32-16-27(10-12-31(13-11-27)26(35)30-20-7-5-4-6-19(20)28)24-18-9-8-17(36-2)14-21(18)29-25(24)22(32)15-33/h4-9,14,22,29,33H,3,10-13,15-16H2,1-2H3,(H,30,35)/t22-/m1/s1. The van der Waals surface area contributed by atoms with E-state index < -0.39 is 11.9 Å². The molecule has 8 nitrogen and oxygen atoms in total. The molecule has 3 heterocycles. The first-order chi connectivity index (χ1) is 17.4. The first-order valence-corrected chi connectivity index (χ1v) is 12.3. The van der Waals surface area contributed by atoms with Gasteiger partial charge in [0, 0.05) is 54.1 Å². The molecule has 1 spiro atoms. The number of carbonyl (C=O) groups excluding carboxylic acids is 2. The summed E-state index contributed by atoms with van der Waals surface area (Å²) in [6, 6.07) is 11.2. The van der Waals surface area contributed by atoms with Gasteiger partial charge >= 0.3 is 6.03 Å². The van der Waals surface area contributed by atoms with Crippen molar-refractivity contribution in [2.45, 2.75) is 37.6 Å². The lowest BCUT2D eigenvalue weighted by atomic mass is 9.68. The van der Waals surface area contributed by atoms with Crippen LogP contribution in [-0.2, 0) is 10.2 Å². The molecule has 1 atom stereocenters. The van der Waals surface area contributed by atoms with Crippen LogP contribution >= 0.6 is 0 Å². The van der Waals surface area contributed by atoms with Gasteiger partial charge in [0.2, 0.25) is 5.91 Å². The van der Waals surface area contributed by atoms with Crippen LogP contribution < -0.4 is 10.1 Å². The lowest BCUT2D eigenvalue weighted by Gasteiger charge is -2.50. The SMILES string of the molecule is CCC(=O)N1CC2(CCN(C(=O)Nc3ccccc3F)CC2)c2c([nH]c3cc(OC)ccc23)[C@H]1CO. The summed E-state index contributed by atoms with van der Waals surface area (Å²) in [4.78, 5) is 32.8. The van der Waals surface area contributed by atoms with Crippen LogP contribution in [0, 0.1) is 5.82 Å². The third-order valence-electron chi connectivity index (χ3n) is 7.67. The minimum atomic E-state index is -0.478. The second-order valence-corrected chi connectivity index (χ2v) is 9.58. The van der Waals surface area contributed by atoms with Crippen LogP contribution in [-0.4, -0.2) is 65.2 Å². The average Bonchev–Trinajstić information content (AvgIpc) is 3.29. The number of ether oxygens (including phenoxy) is 1. The molecular weight excluding hydrogens is 463 g/mol. The van der Waals surface area contributed by atoms with Crippen molar-refractivity contribution in [1.29, 1.82) is 0 Å². The van der Waals surface area contributed by atoms with Gasteiger partial charge in [-0.05, 0) is 42.7 Å². The summed E-state index contributed by atoms with van der Waals surface area (Å²) < 4.78 is 19.5. The number of rotatable bonds is 4. The topological polar surface area (TPSA) is 97.9 Å². The minimum Gasteiger partial charge on any atom is -0.497 e. The van der Waals surface area contributed by atoms with E-state index in [0.29, 0.717) is 38.9 Å². The normalized spacial score (nSPS) is 18.8. The van der Waals surface area contributed by atoms with Crippen LogP contribution in [0.2, 0.25) is 0 Å². The summed E-state index contributed by atoms with van der Waals surface area (Å²) in [6.45, 7) is 3.03. The largest absolute Gasteiger partial charge is 0.497 e. The number of anilines is 1. The Morgan fingerprint density at radius 3 is 2.64 bits per heavy atom. The van der Waals surface area contributed by atoms with E-state index in [1.807, 2.05) is 25.1 Å². The molecule has 9 heteroatoms. The van der Waals surface area contributed by atoms with Gasteiger partial charge in [0.25, 0.3) is 0 Å². The third-order valence-corrected chi connectivity index (χ3v) is 7.67. The summed E-state index contributed by atoms with van der Waals surface area (Å²) in [7, 11) is 1.62. The van der Waals surface area contributed by atoms with Gasteiger partial charge in [-0.15, -0.1) is 0 Å². The number of para-hydroxylation sites is 1. The first kappa shape index (κ1) is 24.1. The van der Waals surface area contributed by atoms with E-state index in [-0.39, 0.29) is 29.6 Å². The molecule has 190 valence electrons. The van der Waals surface area contributed by atoms with E-state index in [1.165, 1.54) is 12.1 Å². The Morgan fingerprint density at radius 1 is 1.22 bits per heavy atom. The van der Waals surface area contributed by atoms with E-state index in [0.717, 1.165) is 27.9 Å². The van der Waals surface area contributed by atoms with Gasteiger partial charge in [0.15, 0.2) is 0 Å². The van der Waals surface area contributed by atoms with E-state index in [4.69, 9.17) is 4.74 Å². The van der Waals surface area contributed by atoms with E-state index >= 15 is 0 Å². The van der Waals surface area contributed by atoms with Gasteiger partial charge in [-0.25, -0.2) is 9.18 Å². The van der Waals surface area contributed by atoms with Gasteiger partial charge in [-0.1, -0.05) is 19.1 Å². The molecule has 36 heavy (non-hydrogen) atoms. The highest BCUT2D eigenvalue weighted by Crippen LogP contribution is 2.49. The van der Waals surface area contributed by atoms with E-state index in [9.17, 15) is 19.1 Å². The second kappa shape index (κ2) is 9.46. The highest BCUT2D eigenvalue weighted by molar-refractivity contribution is 5.90. The number of nitrogens with zero attached hydrogens (tertiary/aromatic N) is 2. The summed E-state index contributed by atoms with van der Waals surface area (Å²) in [6.07, 6.45) is 1.61. The number of methoxy groups -OCH3 is 1. The molecule has 1 fully saturated rings. The number of aromatic amines is 1. The molecule has 3 amide bonds. The average molecular weight is 495 g/mol. The fourth-order valence-electron chi connectivity index (χ4n) is 5.77. The number of hydrogen-bond donors (Lipinski definition) is 3. The predicted molar refractivity (Wildman–Crippen MR) is 135 cm³/mol. The van der Waals surface area contributed by atoms with Crippen molar-refractivity contribution >= 4 is 28.5 Å². The maximum atomic E-state index is 14.1. The summed E-state index contributed by atoms with van der Waals surface area (Å²) in [5, 5.41) is 14.0. The number of halogens is 1. The van der Waals surface area contributed by atoms with Gasteiger partial charge in [-0.3, -0.25) is 4.79 Å². The molecule has 5 rings (SSSR count). The Morgan fingerprint density at radius 2 is 1.97 bits per heavy atom. The molecule has 0 radical (unpaired) electrons. The van der Waals surface area contributed by atoms with Gasteiger partial charge < -0.3 is 29.9 Å². The molecule has 3 aromatic rings. The zero-order valence-corrected chi connectivity index (χ0v) is 20.5. The molecule has 2 aliphatic heterocycles. The number of urea groups is 1. The predicted octanol–water partition coefficient (Wildman–Crippen LogP) is 4.17. The molecule has 1 aromatic heterocycles. The zero-order valence-electron chi connectivity index (χ0n) is 20.5. The molecule has 0 saturated carbocycles. The smallest absolute Gasteiger partial charge is 0.321 e. The van der Waals surface area contributed by atoms with Crippen LogP contribution in [0.3, 0.4) is 0 Å². The van der Waals surface area contributed by atoms with Crippen LogP contribution in [0.15, 0.2) is 42.5 Å². The van der Waals surface area contributed by atoms with Crippen molar-refractivity contribution in [2.24, 2.45) is 0 Å². The number of piperidine rings is 1. The molecular formula is C27H31FN4O4. The van der Waals surface area contributed by atoms with Crippen molar-refractivity contribution in [3.63, 3.8) is 0 Å². The second-order valence-electron chi connectivity index (χ2n) is 9.58. The molecule has 0 bridgehead atoms. The fraction of sp³-hybridized carbons (Fsp3) is 0.407. The number of benzene rings is 2. The lowest BCUT2D eigenvalue weighted by Crippen LogP contribution is -2.56. The summed E-state index contributed by atoms with van der Waals surface area (Å²) in [5.41, 5.74) is 2.61. The van der Waals surface area contributed by atoms with Crippen molar-refractivity contribution in [3.05, 3.63) is 59.5 Å². The quantitative estimate of drug-likeness (QED) is 0.507. The molecule has 2 aliphatic rings. The lowest BCUT2D eigenvalue weighted by molar-refractivity contribution is -0.137. The number of carbonyl (C=O) groups is 2. The van der Waals surface area contributed by atoms with Crippen LogP contribution in [0.4, 0.5) is 14.9 Å². The van der Waals surface area contributed by atoms with E-state index in [1.54, 1.807) is 29.0 Å². The number of amides is 3. The Bertz CT molecular complexity index is 1300. The maximum Gasteiger partial charge on any atom is 0.321 e. The Balaban J connectivity index is 1.49. The summed E-state index contributed by atoms with van der Waals surface area (Å²) >= 11 is 0. The molecule has 0 aliphatic carbocycles. The number of aliphatic hydroxyl groups excluding tert-OH is 1. The number of fused-ring (bicyclic) bond motifs is 4. The maximum absolute atomic E-state index is 14.1. The fourth-order valence-corrected chi connectivity index (χ4v) is 5.77. The van der Waals surface area contributed by atoms with Gasteiger partial charge in [0.05, 0.1) is 25.4 Å².